The highest BCUT2D eigenvalue weighted by Crippen LogP contribution is 2.34. The molecule has 9 heteroatoms. The van der Waals surface area contributed by atoms with Crippen molar-refractivity contribution in [3.63, 3.8) is 0 Å². The SMILES string of the molecule is CC(C)(C)[C@H]1C(Nc2cccc3nc(Nc4ccc(C#N)cc4)nn23)CCCN1C(=O)O. The number of rotatable bonds is 4. The molecule has 1 aliphatic rings. The molecule has 3 N–H and O–H groups in total. The lowest BCUT2D eigenvalue weighted by Crippen LogP contribution is -2.58. The van der Waals surface area contributed by atoms with Gasteiger partial charge in [-0.1, -0.05) is 26.8 Å². The van der Waals surface area contributed by atoms with Gasteiger partial charge in [0.25, 0.3) is 0 Å². The number of carbonyl (C=O) groups is 1. The molecule has 32 heavy (non-hydrogen) atoms. The molecule has 1 aromatic carbocycles. The number of anilines is 3. The largest absolute Gasteiger partial charge is 0.465 e. The van der Waals surface area contributed by atoms with Crippen LogP contribution in [-0.4, -0.2) is 49.3 Å². The molecule has 9 nitrogen and oxygen atoms in total. The number of nitrogens with one attached hydrogen (secondary N) is 2. The van der Waals surface area contributed by atoms with E-state index in [-0.39, 0.29) is 17.5 Å². The molecule has 166 valence electrons. The summed E-state index contributed by atoms with van der Waals surface area (Å²) in [5.41, 5.74) is 1.81. The van der Waals surface area contributed by atoms with Crippen LogP contribution in [0.1, 0.15) is 39.2 Å². The minimum Gasteiger partial charge on any atom is -0.465 e. The summed E-state index contributed by atoms with van der Waals surface area (Å²) >= 11 is 0. The van der Waals surface area contributed by atoms with Crippen LogP contribution in [0.5, 0.6) is 0 Å². The summed E-state index contributed by atoms with van der Waals surface area (Å²) < 4.78 is 1.73. The van der Waals surface area contributed by atoms with Crippen molar-refractivity contribution in [1.82, 2.24) is 19.5 Å². The molecule has 0 saturated carbocycles. The average Bonchev–Trinajstić information content (AvgIpc) is 3.17. The van der Waals surface area contributed by atoms with E-state index in [4.69, 9.17) is 5.26 Å². The molecule has 1 amide bonds. The molecular formula is C23H27N7O2. The lowest BCUT2D eigenvalue weighted by atomic mass is 9.77. The van der Waals surface area contributed by atoms with Gasteiger partial charge in [0.05, 0.1) is 17.7 Å². The van der Waals surface area contributed by atoms with Crippen LogP contribution in [0.4, 0.5) is 22.2 Å². The number of hydrogen-bond donors (Lipinski definition) is 3. The summed E-state index contributed by atoms with van der Waals surface area (Å²) in [5.74, 6) is 1.20. The van der Waals surface area contributed by atoms with Gasteiger partial charge in [0, 0.05) is 18.3 Å². The van der Waals surface area contributed by atoms with Crippen molar-refractivity contribution >= 4 is 29.2 Å². The lowest BCUT2D eigenvalue weighted by molar-refractivity contribution is 0.0518. The van der Waals surface area contributed by atoms with Gasteiger partial charge in [0.15, 0.2) is 5.65 Å². The van der Waals surface area contributed by atoms with Gasteiger partial charge in [-0.3, -0.25) is 0 Å². The summed E-state index contributed by atoms with van der Waals surface area (Å²) in [6, 6.07) is 14.6. The Kier molecular flexibility index (Phi) is 5.61. The van der Waals surface area contributed by atoms with Gasteiger partial charge in [-0.25, -0.2) is 4.79 Å². The molecule has 1 fully saturated rings. The van der Waals surface area contributed by atoms with Crippen molar-refractivity contribution in [2.75, 3.05) is 17.2 Å². The van der Waals surface area contributed by atoms with Crippen LogP contribution in [0.3, 0.4) is 0 Å². The number of amides is 1. The number of carboxylic acid groups (broad SMARTS) is 1. The van der Waals surface area contributed by atoms with E-state index < -0.39 is 6.09 Å². The maximum absolute atomic E-state index is 11.9. The van der Waals surface area contributed by atoms with Crippen molar-refractivity contribution < 1.29 is 9.90 Å². The van der Waals surface area contributed by atoms with Crippen molar-refractivity contribution in [2.24, 2.45) is 5.41 Å². The third-order valence-corrected chi connectivity index (χ3v) is 5.73. The van der Waals surface area contributed by atoms with E-state index in [0.29, 0.717) is 23.7 Å². The Hall–Kier alpha value is -3.80. The van der Waals surface area contributed by atoms with Gasteiger partial charge in [-0.05, 0) is 54.7 Å². The first-order chi connectivity index (χ1) is 15.3. The van der Waals surface area contributed by atoms with Crippen LogP contribution >= 0.6 is 0 Å². The summed E-state index contributed by atoms with van der Waals surface area (Å²) in [6.07, 6.45) is 0.784. The highest BCUT2D eigenvalue weighted by molar-refractivity contribution is 5.66. The molecule has 0 spiro atoms. The normalized spacial score (nSPS) is 18.9. The van der Waals surface area contributed by atoms with Crippen molar-refractivity contribution in [2.45, 2.75) is 45.7 Å². The zero-order valence-electron chi connectivity index (χ0n) is 18.4. The molecule has 1 saturated heterocycles. The third-order valence-electron chi connectivity index (χ3n) is 5.73. The van der Waals surface area contributed by atoms with Gasteiger partial charge in [-0.15, -0.1) is 5.10 Å². The molecule has 2 aromatic heterocycles. The fourth-order valence-electron chi connectivity index (χ4n) is 4.45. The van der Waals surface area contributed by atoms with E-state index in [0.717, 1.165) is 24.3 Å². The fourth-order valence-corrected chi connectivity index (χ4v) is 4.45. The minimum atomic E-state index is -0.885. The summed E-state index contributed by atoms with van der Waals surface area (Å²) in [4.78, 5) is 18.0. The van der Waals surface area contributed by atoms with Crippen molar-refractivity contribution in [1.29, 1.82) is 5.26 Å². The van der Waals surface area contributed by atoms with Gasteiger partial charge >= 0.3 is 6.09 Å². The second kappa shape index (κ2) is 8.38. The van der Waals surface area contributed by atoms with Crippen LogP contribution in [0.15, 0.2) is 42.5 Å². The smallest absolute Gasteiger partial charge is 0.407 e. The lowest BCUT2D eigenvalue weighted by Gasteiger charge is -2.47. The first kappa shape index (κ1) is 21.4. The van der Waals surface area contributed by atoms with E-state index in [9.17, 15) is 9.90 Å². The molecule has 4 rings (SSSR count). The fraction of sp³-hybridized carbons (Fsp3) is 0.391. The topological polar surface area (TPSA) is 119 Å². The Balaban J connectivity index is 1.61. The Morgan fingerprint density at radius 2 is 1.97 bits per heavy atom. The Morgan fingerprint density at radius 1 is 1.22 bits per heavy atom. The van der Waals surface area contributed by atoms with Gasteiger partial charge in [-0.2, -0.15) is 14.8 Å². The molecule has 0 radical (unpaired) electrons. The van der Waals surface area contributed by atoms with Gasteiger partial charge in [0.1, 0.15) is 5.82 Å². The van der Waals surface area contributed by atoms with Crippen molar-refractivity contribution in [3.05, 3.63) is 48.0 Å². The molecule has 1 aliphatic heterocycles. The predicted molar refractivity (Wildman–Crippen MR) is 122 cm³/mol. The molecule has 1 unspecified atom stereocenters. The van der Waals surface area contributed by atoms with Crippen LogP contribution in [-0.2, 0) is 0 Å². The van der Waals surface area contributed by atoms with E-state index in [1.54, 1.807) is 33.7 Å². The number of hydrogen-bond acceptors (Lipinski definition) is 6. The zero-order chi connectivity index (χ0) is 22.9. The number of nitrogens with zero attached hydrogens (tertiary/aromatic N) is 5. The highest BCUT2D eigenvalue weighted by Gasteiger charge is 2.42. The number of likely N-dealkylation sites (tertiary alicyclic amines) is 1. The van der Waals surface area contributed by atoms with Gasteiger partial charge in [0.2, 0.25) is 5.95 Å². The van der Waals surface area contributed by atoms with Crippen LogP contribution in [0.2, 0.25) is 0 Å². The van der Waals surface area contributed by atoms with E-state index >= 15 is 0 Å². The summed E-state index contributed by atoms with van der Waals surface area (Å²) in [7, 11) is 0. The average molecular weight is 434 g/mol. The number of fused-ring (bicyclic) bond motifs is 1. The number of nitriles is 1. The number of pyridine rings is 1. The van der Waals surface area contributed by atoms with Crippen molar-refractivity contribution in [3.8, 4) is 6.07 Å². The van der Waals surface area contributed by atoms with E-state index in [2.05, 4.69) is 47.6 Å². The second-order valence-corrected chi connectivity index (χ2v) is 9.11. The first-order valence-electron chi connectivity index (χ1n) is 10.7. The Labute approximate surface area is 186 Å². The van der Waals surface area contributed by atoms with E-state index in [1.807, 2.05) is 18.2 Å². The highest BCUT2D eigenvalue weighted by atomic mass is 16.4. The molecule has 3 aromatic rings. The molecule has 2 atom stereocenters. The van der Waals surface area contributed by atoms with Gasteiger partial charge < -0.3 is 20.6 Å². The minimum absolute atomic E-state index is 0.0513. The van der Waals surface area contributed by atoms with Crippen LogP contribution < -0.4 is 10.6 Å². The summed E-state index contributed by atoms with van der Waals surface area (Å²) in [5, 5.41) is 30.0. The van der Waals surface area contributed by atoms with Crippen LogP contribution in [0, 0.1) is 16.7 Å². The maximum Gasteiger partial charge on any atom is 0.407 e. The summed E-state index contributed by atoms with van der Waals surface area (Å²) in [6.45, 7) is 6.76. The number of aromatic nitrogens is 3. The molecular weight excluding hydrogens is 406 g/mol. The quantitative estimate of drug-likeness (QED) is 0.561. The maximum atomic E-state index is 11.9. The Morgan fingerprint density at radius 3 is 2.62 bits per heavy atom. The first-order valence-corrected chi connectivity index (χ1v) is 10.7. The monoisotopic (exact) mass is 433 g/mol. The second-order valence-electron chi connectivity index (χ2n) is 9.11. The molecule has 0 aliphatic carbocycles. The number of piperidine rings is 1. The standard InChI is InChI=1S/C23H27N7O2/c1-23(2,3)20-17(6-5-13-29(20)22(31)32)26-18-7-4-8-19-27-21(28-30(18)19)25-16-11-9-15(14-24)10-12-16/h4,7-12,17,20,26H,5-6,13H2,1-3H3,(H,25,28)(H,31,32)/t17?,20-/m1/s1. The number of benzene rings is 1. The molecule has 3 heterocycles. The Bertz CT molecular complexity index is 1160. The third kappa shape index (κ3) is 4.30. The van der Waals surface area contributed by atoms with Crippen LogP contribution in [0.25, 0.3) is 5.65 Å². The predicted octanol–water partition coefficient (Wildman–Crippen LogP) is 4.31. The van der Waals surface area contributed by atoms with E-state index in [1.165, 1.54) is 0 Å². The molecule has 0 bridgehead atoms. The zero-order valence-corrected chi connectivity index (χ0v) is 18.4.